The number of benzene rings is 1. The van der Waals surface area contributed by atoms with E-state index >= 15 is 0 Å². The Morgan fingerprint density at radius 1 is 1.50 bits per heavy atom. The minimum absolute atomic E-state index is 0.0564. The van der Waals surface area contributed by atoms with Crippen molar-refractivity contribution in [2.75, 3.05) is 26.3 Å². The number of aliphatic hydroxyl groups excluding tert-OH is 1. The first kappa shape index (κ1) is 13.7. The largest absolute Gasteiger partial charge is 0.480 e. The lowest BCUT2D eigenvalue weighted by Crippen LogP contribution is -2.51. The zero-order valence-electron chi connectivity index (χ0n) is 10.9. The van der Waals surface area contributed by atoms with Crippen molar-refractivity contribution >= 4 is 17.5 Å². The summed E-state index contributed by atoms with van der Waals surface area (Å²) < 4.78 is 11.0. The fraction of sp³-hybridized carbons (Fsp3) is 0.500. The number of morpholine rings is 1. The molecule has 1 N–H and O–H groups in total. The molecule has 1 aromatic rings. The SMILES string of the molecule is O=C(C1Cc2cc(Cl)ccc2O1)N1CCOC(CO)C1. The zero-order chi connectivity index (χ0) is 14.1. The predicted molar refractivity (Wildman–Crippen MR) is 73.0 cm³/mol. The van der Waals surface area contributed by atoms with Crippen LogP contribution in [0.25, 0.3) is 0 Å². The van der Waals surface area contributed by atoms with E-state index in [9.17, 15) is 4.79 Å². The Hall–Kier alpha value is -1.30. The Bertz CT molecular complexity index is 522. The van der Waals surface area contributed by atoms with Crippen molar-refractivity contribution in [3.8, 4) is 5.75 Å². The number of hydrogen-bond donors (Lipinski definition) is 1. The van der Waals surface area contributed by atoms with Gasteiger partial charge in [-0.1, -0.05) is 11.6 Å². The number of fused-ring (bicyclic) bond motifs is 1. The van der Waals surface area contributed by atoms with Crippen LogP contribution in [0.2, 0.25) is 5.02 Å². The van der Waals surface area contributed by atoms with Crippen LogP contribution in [0.15, 0.2) is 18.2 Å². The molecule has 6 heteroatoms. The third-order valence-electron chi connectivity index (χ3n) is 3.63. The molecule has 20 heavy (non-hydrogen) atoms. The fourth-order valence-electron chi connectivity index (χ4n) is 2.59. The number of rotatable bonds is 2. The molecule has 1 aromatic carbocycles. The summed E-state index contributed by atoms with van der Waals surface area (Å²) in [5.74, 6) is 0.666. The van der Waals surface area contributed by atoms with E-state index in [-0.39, 0.29) is 18.6 Å². The number of halogens is 1. The monoisotopic (exact) mass is 297 g/mol. The highest BCUT2D eigenvalue weighted by Gasteiger charge is 2.34. The van der Waals surface area contributed by atoms with Gasteiger partial charge in [-0.3, -0.25) is 4.79 Å². The van der Waals surface area contributed by atoms with Crippen molar-refractivity contribution in [3.63, 3.8) is 0 Å². The summed E-state index contributed by atoms with van der Waals surface area (Å²) in [5, 5.41) is 9.77. The number of carbonyl (C=O) groups excluding carboxylic acids is 1. The molecule has 5 nitrogen and oxygen atoms in total. The number of amides is 1. The molecule has 2 aliphatic rings. The molecule has 0 radical (unpaired) electrons. The molecule has 2 aliphatic heterocycles. The molecular weight excluding hydrogens is 282 g/mol. The van der Waals surface area contributed by atoms with Crippen molar-refractivity contribution in [2.24, 2.45) is 0 Å². The summed E-state index contributed by atoms with van der Waals surface area (Å²) >= 11 is 5.94. The van der Waals surface area contributed by atoms with Gasteiger partial charge in [0.2, 0.25) is 0 Å². The molecule has 108 valence electrons. The average molecular weight is 298 g/mol. The molecule has 2 atom stereocenters. The number of carbonyl (C=O) groups is 1. The third-order valence-corrected chi connectivity index (χ3v) is 3.86. The van der Waals surface area contributed by atoms with Gasteiger partial charge in [0.05, 0.1) is 19.3 Å². The minimum Gasteiger partial charge on any atom is -0.480 e. The Balaban J connectivity index is 1.68. The molecule has 2 heterocycles. The molecule has 0 aromatic heterocycles. The maximum atomic E-state index is 12.4. The van der Waals surface area contributed by atoms with Crippen LogP contribution in [0, 0.1) is 0 Å². The Morgan fingerprint density at radius 2 is 2.35 bits per heavy atom. The van der Waals surface area contributed by atoms with Gasteiger partial charge < -0.3 is 19.5 Å². The first-order valence-electron chi connectivity index (χ1n) is 6.63. The normalized spacial score (nSPS) is 25.2. The molecular formula is C14H16ClNO4. The molecule has 3 rings (SSSR count). The fourth-order valence-corrected chi connectivity index (χ4v) is 2.78. The standard InChI is InChI=1S/C14H16ClNO4/c15-10-1-2-12-9(5-10)6-13(20-12)14(18)16-3-4-19-11(7-16)8-17/h1-2,5,11,13,17H,3-4,6-8H2. The van der Waals surface area contributed by atoms with Crippen LogP contribution in [0.5, 0.6) is 5.75 Å². The summed E-state index contributed by atoms with van der Waals surface area (Å²) in [6, 6.07) is 5.38. The van der Waals surface area contributed by atoms with Crippen LogP contribution in [-0.2, 0) is 16.0 Å². The molecule has 0 bridgehead atoms. The van der Waals surface area contributed by atoms with E-state index in [4.69, 9.17) is 26.2 Å². The average Bonchev–Trinajstić information content (AvgIpc) is 2.89. The quantitative estimate of drug-likeness (QED) is 0.880. The Kier molecular flexibility index (Phi) is 3.83. The van der Waals surface area contributed by atoms with Crippen LogP contribution >= 0.6 is 11.6 Å². The van der Waals surface area contributed by atoms with Crippen LogP contribution in [0.3, 0.4) is 0 Å². The highest BCUT2D eigenvalue weighted by molar-refractivity contribution is 6.30. The molecule has 1 saturated heterocycles. The van der Waals surface area contributed by atoms with Crippen molar-refractivity contribution in [1.82, 2.24) is 4.90 Å². The van der Waals surface area contributed by atoms with E-state index in [0.717, 1.165) is 11.3 Å². The van der Waals surface area contributed by atoms with Crippen LogP contribution in [0.4, 0.5) is 0 Å². The van der Waals surface area contributed by atoms with Crippen molar-refractivity contribution < 1.29 is 19.4 Å². The zero-order valence-corrected chi connectivity index (χ0v) is 11.7. The maximum Gasteiger partial charge on any atom is 0.264 e. The van der Waals surface area contributed by atoms with Gasteiger partial charge in [0.25, 0.3) is 5.91 Å². The van der Waals surface area contributed by atoms with Crippen LogP contribution in [0.1, 0.15) is 5.56 Å². The minimum atomic E-state index is -0.499. The molecule has 0 aliphatic carbocycles. The van der Waals surface area contributed by atoms with E-state index in [1.54, 1.807) is 17.0 Å². The van der Waals surface area contributed by atoms with Crippen molar-refractivity contribution in [2.45, 2.75) is 18.6 Å². The lowest BCUT2D eigenvalue weighted by atomic mass is 10.1. The highest BCUT2D eigenvalue weighted by Crippen LogP contribution is 2.31. The number of aliphatic hydroxyl groups is 1. The van der Waals surface area contributed by atoms with E-state index in [1.165, 1.54) is 0 Å². The molecule has 0 spiro atoms. The Morgan fingerprint density at radius 3 is 3.15 bits per heavy atom. The van der Waals surface area contributed by atoms with Gasteiger partial charge in [-0.05, 0) is 23.8 Å². The number of nitrogens with zero attached hydrogens (tertiary/aromatic N) is 1. The van der Waals surface area contributed by atoms with E-state index in [2.05, 4.69) is 0 Å². The lowest BCUT2D eigenvalue weighted by molar-refractivity contribution is -0.146. The highest BCUT2D eigenvalue weighted by atomic mass is 35.5. The van der Waals surface area contributed by atoms with Crippen LogP contribution in [-0.4, -0.2) is 54.4 Å². The van der Waals surface area contributed by atoms with E-state index < -0.39 is 6.10 Å². The predicted octanol–water partition coefficient (Wildman–Crippen LogP) is 0.863. The molecule has 1 fully saturated rings. The van der Waals surface area contributed by atoms with Crippen molar-refractivity contribution in [1.29, 1.82) is 0 Å². The first-order chi connectivity index (χ1) is 9.67. The van der Waals surface area contributed by atoms with Gasteiger partial charge in [-0.2, -0.15) is 0 Å². The first-order valence-corrected chi connectivity index (χ1v) is 7.01. The lowest BCUT2D eigenvalue weighted by Gasteiger charge is -2.33. The number of ether oxygens (including phenoxy) is 2. The smallest absolute Gasteiger partial charge is 0.264 e. The molecule has 2 unspecified atom stereocenters. The van der Waals surface area contributed by atoms with Gasteiger partial charge in [0.15, 0.2) is 6.10 Å². The van der Waals surface area contributed by atoms with Crippen LogP contribution < -0.4 is 4.74 Å². The Labute approximate surface area is 122 Å². The third kappa shape index (κ3) is 2.61. The van der Waals surface area contributed by atoms with E-state index in [1.807, 2.05) is 6.07 Å². The second-order valence-corrected chi connectivity index (χ2v) is 5.46. The molecule has 0 saturated carbocycles. The molecule has 1 amide bonds. The number of hydrogen-bond acceptors (Lipinski definition) is 4. The summed E-state index contributed by atoms with van der Waals surface area (Å²) in [4.78, 5) is 14.1. The topological polar surface area (TPSA) is 59.0 Å². The summed E-state index contributed by atoms with van der Waals surface area (Å²) in [7, 11) is 0. The summed E-state index contributed by atoms with van der Waals surface area (Å²) in [6.07, 6.45) is -0.262. The van der Waals surface area contributed by atoms with Gasteiger partial charge in [0.1, 0.15) is 5.75 Å². The van der Waals surface area contributed by atoms with Crippen molar-refractivity contribution in [3.05, 3.63) is 28.8 Å². The van der Waals surface area contributed by atoms with Gasteiger partial charge in [0, 0.05) is 24.5 Å². The summed E-state index contributed by atoms with van der Waals surface area (Å²) in [5.41, 5.74) is 0.961. The summed E-state index contributed by atoms with van der Waals surface area (Å²) in [6.45, 7) is 1.31. The maximum absolute atomic E-state index is 12.4. The second kappa shape index (κ2) is 5.60. The van der Waals surface area contributed by atoms with Gasteiger partial charge in [-0.25, -0.2) is 0 Å². The van der Waals surface area contributed by atoms with E-state index in [0.29, 0.717) is 31.1 Å². The second-order valence-electron chi connectivity index (χ2n) is 5.02. The van der Waals surface area contributed by atoms with Gasteiger partial charge >= 0.3 is 0 Å². The van der Waals surface area contributed by atoms with Gasteiger partial charge in [-0.15, -0.1) is 0 Å².